The van der Waals surface area contributed by atoms with Crippen LogP contribution in [0.3, 0.4) is 0 Å². The van der Waals surface area contributed by atoms with E-state index in [9.17, 15) is 4.79 Å². The van der Waals surface area contributed by atoms with Crippen LogP contribution in [0.2, 0.25) is 0 Å². The first-order chi connectivity index (χ1) is 10.6. The third-order valence-corrected chi connectivity index (χ3v) is 6.06. The number of hydrogen-bond acceptors (Lipinski definition) is 5. The molecule has 1 N–H and O–H groups in total. The molecule has 23 heavy (non-hydrogen) atoms. The van der Waals surface area contributed by atoms with E-state index in [-0.39, 0.29) is 18.0 Å². The van der Waals surface area contributed by atoms with Crippen LogP contribution in [-0.4, -0.2) is 39.5 Å². The van der Waals surface area contributed by atoms with Gasteiger partial charge in [-0.05, 0) is 39.7 Å². The van der Waals surface area contributed by atoms with E-state index in [1.54, 1.807) is 10.5 Å². The summed E-state index contributed by atoms with van der Waals surface area (Å²) in [6.07, 6.45) is 5.06. The van der Waals surface area contributed by atoms with E-state index in [0.29, 0.717) is 18.1 Å². The number of rotatable bonds is 3. The predicted octanol–water partition coefficient (Wildman–Crippen LogP) is 2.20. The number of nitrogens with one attached hydrogen (secondary N) is 1. The monoisotopic (exact) mass is 354 g/mol. The first-order valence-corrected chi connectivity index (χ1v) is 8.91. The van der Waals surface area contributed by atoms with Crippen molar-refractivity contribution in [1.82, 2.24) is 19.6 Å². The fourth-order valence-electron chi connectivity index (χ4n) is 3.95. The van der Waals surface area contributed by atoms with Crippen molar-refractivity contribution < 1.29 is 0 Å². The van der Waals surface area contributed by atoms with Crippen molar-refractivity contribution in [2.45, 2.75) is 57.3 Å². The van der Waals surface area contributed by atoms with Gasteiger partial charge in [-0.1, -0.05) is 0 Å². The summed E-state index contributed by atoms with van der Waals surface area (Å²) in [6, 6.07) is 3.67. The lowest BCUT2D eigenvalue weighted by Crippen LogP contribution is -2.46. The summed E-state index contributed by atoms with van der Waals surface area (Å²) in [4.78, 5) is 20.1. The standard InChI is InChI=1S/C16H22N4OS.ClH/c1-10-9-22-16-18-13(7-15(21)20(10)16)8-19(2)14-5-11-3-4-12(6-14)17-11;/h7,9,11-12,14,17H,3-6,8H2,1-2H3;1H. The minimum atomic E-state index is 0. The van der Waals surface area contributed by atoms with E-state index in [1.165, 1.54) is 37.0 Å². The lowest BCUT2D eigenvalue weighted by Gasteiger charge is -2.35. The summed E-state index contributed by atoms with van der Waals surface area (Å²) in [5, 5.41) is 5.67. The molecular formula is C16H23ClN4OS. The van der Waals surface area contributed by atoms with E-state index in [0.717, 1.165) is 22.9 Å². The molecule has 5 nitrogen and oxygen atoms in total. The van der Waals surface area contributed by atoms with Gasteiger partial charge in [-0.2, -0.15) is 0 Å². The van der Waals surface area contributed by atoms with Crippen molar-refractivity contribution >= 4 is 28.7 Å². The molecule has 2 atom stereocenters. The molecule has 0 saturated carbocycles. The molecule has 7 heteroatoms. The van der Waals surface area contributed by atoms with Crippen LogP contribution in [0.4, 0.5) is 0 Å². The fraction of sp³-hybridized carbons (Fsp3) is 0.625. The molecule has 2 aromatic heterocycles. The molecule has 2 aliphatic heterocycles. The number of hydrogen-bond donors (Lipinski definition) is 1. The van der Waals surface area contributed by atoms with Crippen LogP contribution in [0, 0.1) is 6.92 Å². The highest BCUT2D eigenvalue weighted by Gasteiger charge is 2.35. The van der Waals surface area contributed by atoms with Gasteiger partial charge in [0.15, 0.2) is 4.96 Å². The SMILES string of the molecule is Cc1csc2nc(CN(C)C3CC4CCC(C3)N4)cc(=O)n12.Cl. The lowest BCUT2D eigenvalue weighted by molar-refractivity contribution is 0.164. The number of thiazole rings is 1. The molecule has 4 heterocycles. The van der Waals surface area contributed by atoms with Gasteiger partial charge in [-0.25, -0.2) is 4.98 Å². The Hall–Kier alpha value is -0.950. The number of piperidine rings is 1. The van der Waals surface area contributed by atoms with Crippen molar-refractivity contribution in [1.29, 1.82) is 0 Å². The maximum absolute atomic E-state index is 12.3. The van der Waals surface area contributed by atoms with Crippen molar-refractivity contribution in [3.63, 3.8) is 0 Å². The van der Waals surface area contributed by atoms with Gasteiger partial charge in [0.25, 0.3) is 5.56 Å². The minimum Gasteiger partial charge on any atom is -0.311 e. The molecule has 2 aliphatic rings. The highest BCUT2D eigenvalue weighted by Crippen LogP contribution is 2.29. The summed E-state index contributed by atoms with van der Waals surface area (Å²) in [5.74, 6) is 0. The van der Waals surface area contributed by atoms with Crippen LogP contribution in [-0.2, 0) is 6.54 Å². The normalized spacial score (nSPS) is 26.7. The average Bonchev–Trinajstić information content (AvgIpc) is 3.02. The zero-order valence-electron chi connectivity index (χ0n) is 13.5. The number of nitrogens with zero attached hydrogens (tertiary/aromatic N) is 3. The third kappa shape index (κ3) is 3.18. The Morgan fingerprint density at radius 3 is 2.78 bits per heavy atom. The van der Waals surface area contributed by atoms with Gasteiger partial charge in [0, 0.05) is 41.8 Å². The first kappa shape index (κ1) is 16.9. The largest absolute Gasteiger partial charge is 0.311 e. The van der Waals surface area contributed by atoms with Crippen LogP contribution >= 0.6 is 23.7 Å². The van der Waals surface area contributed by atoms with Gasteiger partial charge in [-0.3, -0.25) is 14.1 Å². The highest BCUT2D eigenvalue weighted by atomic mass is 35.5. The van der Waals surface area contributed by atoms with Crippen LogP contribution in [0.1, 0.15) is 37.1 Å². The molecule has 2 bridgehead atoms. The summed E-state index contributed by atoms with van der Waals surface area (Å²) >= 11 is 1.54. The molecule has 0 aromatic carbocycles. The Morgan fingerprint density at radius 1 is 1.39 bits per heavy atom. The van der Waals surface area contributed by atoms with E-state index < -0.39 is 0 Å². The van der Waals surface area contributed by atoms with Crippen molar-refractivity contribution in [2.24, 2.45) is 0 Å². The van der Waals surface area contributed by atoms with Crippen LogP contribution in [0.25, 0.3) is 4.96 Å². The van der Waals surface area contributed by atoms with Crippen molar-refractivity contribution in [3.05, 3.63) is 33.2 Å². The number of aromatic nitrogens is 2. The van der Waals surface area contributed by atoms with Crippen LogP contribution < -0.4 is 10.9 Å². The van der Waals surface area contributed by atoms with Crippen molar-refractivity contribution in [2.75, 3.05) is 7.05 Å². The molecular weight excluding hydrogens is 332 g/mol. The zero-order chi connectivity index (χ0) is 15.3. The Bertz CT molecular complexity index is 746. The predicted molar refractivity (Wildman–Crippen MR) is 95.8 cm³/mol. The summed E-state index contributed by atoms with van der Waals surface area (Å²) in [5.41, 5.74) is 1.89. The number of aryl methyl sites for hydroxylation is 1. The smallest absolute Gasteiger partial charge is 0.259 e. The van der Waals surface area contributed by atoms with Gasteiger partial charge >= 0.3 is 0 Å². The van der Waals surface area contributed by atoms with Gasteiger partial charge in [0.05, 0.1) is 5.69 Å². The topological polar surface area (TPSA) is 49.6 Å². The molecule has 2 aromatic rings. The highest BCUT2D eigenvalue weighted by molar-refractivity contribution is 7.15. The van der Waals surface area contributed by atoms with Crippen LogP contribution in [0.5, 0.6) is 0 Å². The van der Waals surface area contributed by atoms with E-state index >= 15 is 0 Å². The molecule has 2 saturated heterocycles. The number of fused-ring (bicyclic) bond motifs is 3. The van der Waals surface area contributed by atoms with Gasteiger partial charge in [0.1, 0.15) is 0 Å². The van der Waals surface area contributed by atoms with Gasteiger partial charge < -0.3 is 5.32 Å². The Kier molecular flexibility index (Phi) is 4.78. The minimum absolute atomic E-state index is 0. The Morgan fingerprint density at radius 2 is 2.09 bits per heavy atom. The third-order valence-electron chi connectivity index (χ3n) is 5.11. The van der Waals surface area contributed by atoms with E-state index in [4.69, 9.17) is 0 Å². The van der Waals surface area contributed by atoms with Crippen LogP contribution in [0.15, 0.2) is 16.2 Å². The summed E-state index contributed by atoms with van der Waals surface area (Å²) < 4.78 is 1.69. The average molecular weight is 355 g/mol. The molecule has 0 aliphatic carbocycles. The van der Waals surface area contributed by atoms with Crippen molar-refractivity contribution in [3.8, 4) is 0 Å². The maximum atomic E-state index is 12.3. The Labute approximate surface area is 146 Å². The van der Waals surface area contributed by atoms with E-state index in [2.05, 4.69) is 22.2 Å². The maximum Gasteiger partial charge on any atom is 0.259 e. The second kappa shape index (κ2) is 6.51. The van der Waals surface area contributed by atoms with E-state index in [1.807, 2.05) is 12.3 Å². The molecule has 0 amide bonds. The van der Waals surface area contributed by atoms with Gasteiger partial charge in [-0.15, -0.1) is 23.7 Å². The van der Waals surface area contributed by atoms with Gasteiger partial charge in [0.2, 0.25) is 0 Å². The fourth-order valence-corrected chi connectivity index (χ4v) is 4.84. The summed E-state index contributed by atoms with van der Waals surface area (Å²) in [7, 11) is 2.17. The quantitative estimate of drug-likeness (QED) is 0.918. The second-order valence-corrected chi connectivity index (χ2v) is 7.60. The molecule has 4 rings (SSSR count). The number of halogens is 1. The zero-order valence-corrected chi connectivity index (χ0v) is 15.1. The second-order valence-electron chi connectivity index (χ2n) is 6.76. The Balaban J connectivity index is 0.00000156. The molecule has 0 spiro atoms. The lowest BCUT2D eigenvalue weighted by atomic mass is 9.98. The molecule has 2 unspecified atom stereocenters. The molecule has 2 fully saturated rings. The first-order valence-electron chi connectivity index (χ1n) is 8.03. The summed E-state index contributed by atoms with van der Waals surface area (Å²) in [6.45, 7) is 2.70. The molecule has 0 radical (unpaired) electrons. The molecule has 126 valence electrons.